The number of hydrogen-bond donors (Lipinski definition) is 1. The highest BCUT2D eigenvalue weighted by Gasteiger charge is 2.36. The third-order valence-corrected chi connectivity index (χ3v) is 3.53. The zero-order valence-corrected chi connectivity index (χ0v) is 11.3. The van der Waals surface area contributed by atoms with Gasteiger partial charge in [-0.2, -0.15) is 13.2 Å². The standard InChI is InChI=1S/C15H20F3N/c1-10-3-5-12(6-4-10)14(13-7-8-13)19-11(2)9-15(16,17)18/h3-6,11,13-14,19H,7-9H2,1-2H3. The van der Waals surface area contributed by atoms with E-state index in [2.05, 4.69) is 5.32 Å². The van der Waals surface area contributed by atoms with Gasteiger partial charge in [-0.3, -0.25) is 0 Å². The minimum atomic E-state index is -4.10. The lowest BCUT2D eigenvalue weighted by atomic mass is 10.00. The van der Waals surface area contributed by atoms with E-state index in [4.69, 9.17) is 0 Å². The van der Waals surface area contributed by atoms with E-state index in [0.29, 0.717) is 5.92 Å². The van der Waals surface area contributed by atoms with Crippen LogP contribution in [0.5, 0.6) is 0 Å². The third kappa shape index (κ3) is 4.53. The van der Waals surface area contributed by atoms with Crippen LogP contribution in [0.4, 0.5) is 13.2 Å². The molecule has 0 aromatic heterocycles. The second-order valence-electron chi connectivity index (χ2n) is 5.61. The summed E-state index contributed by atoms with van der Waals surface area (Å²) in [6, 6.07) is 7.57. The first-order valence-electron chi connectivity index (χ1n) is 6.74. The lowest BCUT2D eigenvalue weighted by Gasteiger charge is -2.24. The van der Waals surface area contributed by atoms with E-state index in [9.17, 15) is 13.2 Å². The molecule has 4 heteroatoms. The molecule has 19 heavy (non-hydrogen) atoms. The monoisotopic (exact) mass is 271 g/mol. The first-order valence-corrected chi connectivity index (χ1v) is 6.74. The van der Waals surface area contributed by atoms with Crippen LogP contribution in [0.15, 0.2) is 24.3 Å². The molecule has 0 saturated heterocycles. The summed E-state index contributed by atoms with van der Waals surface area (Å²) < 4.78 is 37.2. The van der Waals surface area contributed by atoms with Crippen molar-refractivity contribution in [3.63, 3.8) is 0 Å². The molecule has 0 spiro atoms. The van der Waals surface area contributed by atoms with Crippen LogP contribution < -0.4 is 5.32 Å². The van der Waals surface area contributed by atoms with Crippen molar-refractivity contribution < 1.29 is 13.2 Å². The summed E-state index contributed by atoms with van der Waals surface area (Å²) in [5.41, 5.74) is 2.27. The van der Waals surface area contributed by atoms with Gasteiger partial charge in [0.15, 0.2) is 0 Å². The molecule has 2 unspecified atom stereocenters. The van der Waals surface area contributed by atoms with Crippen LogP contribution in [0.25, 0.3) is 0 Å². The number of rotatable bonds is 5. The highest BCUT2D eigenvalue weighted by atomic mass is 19.4. The minimum Gasteiger partial charge on any atom is -0.307 e. The predicted molar refractivity (Wildman–Crippen MR) is 69.9 cm³/mol. The van der Waals surface area contributed by atoms with E-state index in [-0.39, 0.29) is 6.04 Å². The van der Waals surface area contributed by atoms with E-state index in [1.54, 1.807) is 6.92 Å². The van der Waals surface area contributed by atoms with Crippen molar-refractivity contribution in [2.24, 2.45) is 5.92 Å². The Labute approximate surface area is 112 Å². The molecule has 1 aromatic carbocycles. The smallest absolute Gasteiger partial charge is 0.307 e. The Kier molecular flexibility index (Phi) is 4.19. The van der Waals surface area contributed by atoms with Crippen molar-refractivity contribution in [2.75, 3.05) is 0 Å². The number of alkyl halides is 3. The maximum atomic E-state index is 12.4. The van der Waals surface area contributed by atoms with E-state index in [1.807, 2.05) is 31.2 Å². The van der Waals surface area contributed by atoms with Gasteiger partial charge in [0.05, 0.1) is 6.42 Å². The zero-order chi connectivity index (χ0) is 14.0. The van der Waals surface area contributed by atoms with Gasteiger partial charge in [-0.05, 0) is 38.2 Å². The van der Waals surface area contributed by atoms with Crippen molar-refractivity contribution in [1.82, 2.24) is 5.32 Å². The summed E-state index contributed by atoms with van der Waals surface area (Å²) in [7, 11) is 0. The van der Waals surface area contributed by atoms with Crippen molar-refractivity contribution in [2.45, 2.75) is 51.4 Å². The van der Waals surface area contributed by atoms with Crippen molar-refractivity contribution in [1.29, 1.82) is 0 Å². The van der Waals surface area contributed by atoms with Gasteiger partial charge in [-0.1, -0.05) is 29.8 Å². The second-order valence-corrected chi connectivity index (χ2v) is 5.61. The Morgan fingerprint density at radius 2 is 1.79 bits per heavy atom. The van der Waals surface area contributed by atoms with Gasteiger partial charge in [-0.25, -0.2) is 0 Å². The van der Waals surface area contributed by atoms with Crippen molar-refractivity contribution in [3.8, 4) is 0 Å². The number of hydrogen-bond acceptors (Lipinski definition) is 1. The molecular weight excluding hydrogens is 251 g/mol. The summed E-state index contributed by atoms with van der Waals surface area (Å²) in [5.74, 6) is 0.485. The largest absolute Gasteiger partial charge is 0.390 e. The van der Waals surface area contributed by atoms with Crippen molar-refractivity contribution in [3.05, 3.63) is 35.4 Å². The van der Waals surface area contributed by atoms with Crippen LogP contribution in [0, 0.1) is 12.8 Å². The third-order valence-electron chi connectivity index (χ3n) is 3.53. The molecule has 0 aliphatic heterocycles. The molecule has 1 aliphatic rings. The van der Waals surface area contributed by atoms with Gasteiger partial charge in [0.25, 0.3) is 0 Å². The molecule has 1 N–H and O–H groups in total. The van der Waals surface area contributed by atoms with Crippen LogP contribution in [0.3, 0.4) is 0 Å². The fourth-order valence-electron chi connectivity index (χ4n) is 2.42. The Bertz CT molecular complexity index is 406. The Morgan fingerprint density at radius 1 is 1.21 bits per heavy atom. The van der Waals surface area contributed by atoms with Gasteiger partial charge in [0.1, 0.15) is 0 Å². The zero-order valence-electron chi connectivity index (χ0n) is 11.3. The molecule has 106 valence electrons. The van der Waals surface area contributed by atoms with Gasteiger partial charge in [0, 0.05) is 12.1 Å². The molecule has 1 aliphatic carbocycles. The predicted octanol–water partition coefficient (Wildman–Crippen LogP) is 4.38. The normalized spacial score (nSPS) is 19.2. The maximum Gasteiger partial charge on any atom is 0.390 e. The fourth-order valence-corrected chi connectivity index (χ4v) is 2.42. The molecule has 1 aromatic rings. The van der Waals surface area contributed by atoms with E-state index < -0.39 is 18.6 Å². The Hall–Kier alpha value is -1.03. The maximum absolute atomic E-state index is 12.4. The van der Waals surface area contributed by atoms with Gasteiger partial charge in [0.2, 0.25) is 0 Å². The molecule has 1 fully saturated rings. The number of nitrogens with one attached hydrogen (secondary N) is 1. The first-order chi connectivity index (χ1) is 8.85. The van der Waals surface area contributed by atoms with Crippen LogP contribution >= 0.6 is 0 Å². The van der Waals surface area contributed by atoms with E-state index in [0.717, 1.165) is 18.4 Å². The average Bonchev–Trinajstić information content (AvgIpc) is 3.08. The lowest BCUT2D eigenvalue weighted by Crippen LogP contribution is -2.35. The van der Waals surface area contributed by atoms with Gasteiger partial charge in [-0.15, -0.1) is 0 Å². The molecule has 1 saturated carbocycles. The SMILES string of the molecule is Cc1ccc(C(NC(C)CC(F)(F)F)C2CC2)cc1. The summed E-state index contributed by atoms with van der Waals surface area (Å²) in [5, 5.41) is 3.15. The fraction of sp³-hybridized carbons (Fsp3) is 0.600. The van der Waals surface area contributed by atoms with E-state index in [1.165, 1.54) is 5.56 Å². The second kappa shape index (κ2) is 5.53. The molecule has 2 atom stereocenters. The highest BCUT2D eigenvalue weighted by molar-refractivity contribution is 5.25. The number of aryl methyl sites for hydroxylation is 1. The molecule has 2 rings (SSSR count). The molecule has 0 bridgehead atoms. The Morgan fingerprint density at radius 3 is 2.26 bits per heavy atom. The summed E-state index contributed by atoms with van der Waals surface area (Å²) in [6.45, 7) is 3.62. The topological polar surface area (TPSA) is 12.0 Å². The van der Waals surface area contributed by atoms with Gasteiger partial charge >= 0.3 is 6.18 Å². The van der Waals surface area contributed by atoms with E-state index >= 15 is 0 Å². The highest BCUT2D eigenvalue weighted by Crippen LogP contribution is 2.41. The summed E-state index contributed by atoms with van der Waals surface area (Å²) in [6.07, 6.45) is -2.68. The van der Waals surface area contributed by atoms with Crippen LogP contribution in [0.2, 0.25) is 0 Å². The molecule has 0 amide bonds. The average molecular weight is 271 g/mol. The quantitative estimate of drug-likeness (QED) is 0.838. The van der Waals surface area contributed by atoms with Crippen LogP contribution in [-0.2, 0) is 0 Å². The first kappa shape index (κ1) is 14.4. The van der Waals surface area contributed by atoms with Crippen molar-refractivity contribution >= 4 is 0 Å². The minimum absolute atomic E-state index is 0.0537. The van der Waals surface area contributed by atoms with Crippen LogP contribution in [-0.4, -0.2) is 12.2 Å². The summed E-state index contributed by atoms with van der Waals surface area (Å²) in [4.78, 5) is 0. The van der Waals surface area contributed by atoms with Gasteiger partial charge < -0.3 is 5.32 Å². The summed E-state index contributed by atoms with van der Waals surface area (Å²) >= 11 is 0. The molecule has 0 heterocycles. The number of halogens is 3. The molecule has 1 nitrogen and oxygen atoms in total. The van der Waals surface area contributed by atoms with Crippen LogP contribution in [0.1, 0.15) is 43.4 Å². The molecular formula is C15H20F3N. The number of benzene rings is 1. The molecule has 0 radical (unpaired) electrons. The Balaban J connectivity index is 2.02. The lowest BCUT2D eigenvalue weighted by molar-refractivity contribution is -0.139.